The topological polar surface area (TPSA) is 130 Å². The van der Waals surface area contributed by atoms with Crippen LogP contribution in [0.25, 0.3) is 0 Å². The molecule has 0 aliphatic rings. The monoisotopic (exact) mass is 358 g/mol. The van der Waals surface area contributed by atoms with Crippen molar-refractivity contribution in [1.82, 2.24) is 15.4 Å². The smallest absolute Gasteiger partial charge is 0.269 e. The maximum Gasteiger partial charge on any atom is 0.269 e. The maximum atomic E-state index is 12.0. The molecule has 10 heteroatoms. The molecule has 0 radical (unpaired) electrons. The highest BCUT2D eigenvalue weighted by Gasteiger charge is 2.15. The molecular weight excluding hydrogens is 336 g/mol. The number of carbonyl (C=O) groups is 1. The Kier molecular flexibility index (Phi) is 8.30. The second-order valence-corrected chi connectivity index (χ2v) is 6.77. The van der Waals surface area contributed by atoms with Crippen LogP contribution in [-0.2, 0) is 14.8 Å². The molecule has 9 nitrogen and oxygen atoms in total. The molecule has 1 aromatic rings. The summed E-state index contributed by atoms with van der Waals surface area (Å²) in [7, 11) is -3.80. The molecule has 0 fully saturated rings. The fourth-order valence-corrected chi connectivity index (χ4v) is 2.84. The van der Waals surface area contributed by atoms with E-state index < -0.39 is 14.9 Å². The van der Waals surface area contributed by atoms with Gasteiger partial charge in [-0.15, -0.1) is 0 Å². The molecule has 3 N–H and O–H groups in total. The molecule has 0 saturated heterocycles. The molecule has 0 saturated carbocycles. The number of rotatable bonds is 11. The number of nitrogens with zero attached hydrogens (tertiary/aromatic N) is 1. The van der Waals surface area contributed by atoms with E-state index in [9.17, 15) is 23.3 Å². The third-order valence-corrected chi connectivity index (χ3v) is 4.53. The van der Waals surface area contributed by atoms with Gasteiger partial charge in [-0.1, -0.05) is 6.92 Å². The number of nitro groups is 1. The van der Waals surface area contributed by atoms with Crippen LogP contribution in [0.5, 0.6) is 0 Å². The Labute approximate surface area is 141 Å². The normalized spacial score (nSPS) is 11.2. The molecule has 1 rings (SSSR count). The molecule has 1 amide bonds. The van der Waals surface area contributed by atoms with Crippen LogP contribution in [0.2, 0.25) is 0 Å². The predicted octanol–water partition coefficient (Wildman–Crippen LogP) is 0.379. The zero-order chi connectivity index (χ0) is 18.0. The number of benzene rings is 1. The SMILES string of the molecule is CCCNCCNC(=O)CCNS(=O)(=O)c1ccc([N+](=O)[O-])cc1. The number of hydrogen-bond donors (Lipinski definition) is 3. The number of nitrogens with one attached hydrogen (secondary N) is 3. The molecule has 24 heavy (non-hydrogen) atoms. The highest BCUT2D eigenvalue weighted by molar-refractivity contribution is 7.89. The lowest BCUT2D eigenvalue weighted by Crippen LogP contribution is -2.34. The van der Waals surface area contributed by atoms with Crippen LogP contribution in [-0.4, -0.2) is 45.4 Å². The fourth-order valence-electron chi connectivity index (χ4n) is 1.81. The van der Waals surface area contributed by atoms with E-state index in [0.29, 0.717) is 13.1 Å². The van der Waals surface area contributed by atoms with E-state index in [0.717, 1.165) is 37.2 Å². The van der Waals surface area contributed by atoms with Crippen LogP contribution in [0.15, 0.2) is 29.2 Å². The summed E-state index contributed by atoms with van der Waals surface area (Å²) in [5.74, 6) is -0.250. The van der Waals surface area contributed by atoms with E-state index in [-0.39, 0.29) is 29.5 Å². The second kappa shape index (κ2) is 9.96. The summed E-state index contributed by atoms with van der Waals surface area (Å²) in [5, 5.41) is 16.4. The molecule has 0 bridgehead atoms. The summed E-state index contributed by atoms with van der Waals surface area (Å²) in [5.41, 5.74) is -0.190. The number of amides is 1. The van der Waals surface area contributed by atoms with Crippen molar-refractivity contribution in [1.29, 1.82) is 0 Å². The van der Waals surface area contributed by atoms with Gasteiger partial charge in [0.2, 0.25) is 15.9 Å². The van der Waals surface area contributed by atoms with E-state index in [2.05, 4.69) is 15.4 Å². The van der Waals surface area contributed by atoms with Crippen molar-refractivity contribution in [3.63, 3.8) is 0 Å². The van der Waals surface area contributed by atoms with Gasteiger partial charge in [-0.25, -0.2) is 13.1 Å². The highest BCUT2D eigenvalue weighted by Crippen LogP contribution is 2.15. The first-order valence-electron chi connectivity index (χ1n) is 7.58. The van der Waals surface area contributed by atoms with E-state index in [1.807, 2.05) is 6.92 Å². The molecule has 0 atom stereocenters. The molecule has 134 valence electrons. The van der Waals surface area contributed by atoms with E-state index >= 15 is 0 Å². The molecule has 1 aromatic carbocycles. The molecule has 0 aliphatic carbocycles. The van der Waals surface area contributed by atoms with Gasteiger partial charge in [0.25, 0.3) is 5.69 Å². The minimum atomic E-state index is -3.80. The van der Waals surface area contributed by atoms with Crippen LogP contribution in [0, 0.1) is 10.1 Å². The van der Waals surface area contributed by atoms with Crippen LogP contribution in [0.4, 0.5) is 5.69 Å². The number of carbonyl (C=O) groups excluding carboxylic acids is 1. The van der Waals surface area contributed by atoms with Gasteiger partial charge in [-0.2, -0.15) is 0 Å². The molecule has 0 spiro atoms. The third-order valence-electron chi connectivity index (χ3n) is 3.05. The second-order valence-electron chi connectivity index (χ2n) is 5.00. The van der Waals surface area contributed by atoms with Gasteiger partial charge in [0.1, 0.15) is 0 Å². The van der Waals surface area contributed by atoms with E-state index in [1.54, 1.807) is 0 Å². The van der Waals surface area contributed by atoms with Crippen molar-refractivity contribution in [3.05, 3.63) is 34.4 Å². The first kappa shape index (κ1) is 20.0. The first-order valence-corrected chi connectivity index (χ1v) is 9.06. The summed E-state index contributed by atoms with van der Waals surface area (Å²) in [6.45, 7) is 4.02. The average Bonchev–Trinajstić information content (AvgIpc) is 2.54. The highest BCUT2D eigenvalue weighted by atomic mass is 32.2. The zero-order valence-corrected chi connectivity index (χ0v) is 14.3. The minimum Gasteiger partial charge on any atom is -0.355 e. The van der Waals surface area contributed by atoms with Crippen LogP contribution < -0.4 is 15.4 Å². The molecular formula is C14H22N4O5S. The summed E-state index contributed by atoms with van der Waals surface area (Å²) >= 11 is 0. The molecule has 0 unspecified atom stereocenters. The first-order chi connectivity index (χ1) is 11.4. The van der Waals surface area contributed by atoms with Gasteiger partial charge in [0, 0.05) is 38.2 Å². The van der Waals surface area contributed by atoms with Gasteiger partial charge in [0.15, 0.2) is 0 Å². The maximum absolute atomic E-state index is 12.0. The number of nitro benzene ring substituents is 1. The van der Waals surface area contributed by atoms with Crippen molar-refractivity contribution in [2.75, 3.05) is 26.2 Å². The Bertz CT molecular complexity index is 646. The Balaban J connectivity index is 2.37. The molecule has 0 aromatic heterocycles. The van der Waals surface area contributed by atoms with Crippen molar-refractivity contribution in [3.8, 4) is 0 Å². The van der Waals surface area contributed by atoms with Crippen LogP contribution >= 0.6 is 0 Å². The number of non-ortho nitro benzene ring substituents is 1. The predicted molar refractivity (Wildman–Crippen MR) is 89.1 cm³/mol. The summed E-state index contributed by atoms with van der Waals surface area (Å²) < 4.78 is 26.3. The van der Waals surface area contributed by atoms with Crippen molar-refractivity contribution in [2.45, 2.75) is 24.7 Å². The largest absolute Gasteiger partial charge is 0.355 e. The van der Waals surface area contributed by atoms with Gasteiger partial charge in [-0.05, 0) is 25.1 Å². The lowest BCUT2D eigenvalue weighted by atomic mass is 10.3. The van der Waals surface area contributed by atoms with Gasteiger partial charge in [0.05, 0.1) is 9.82 Å². The van der Waals surface area contributed by atoms with Gasteiger partial charge < -0.3 is 10.6 Å². The van der Waals surface area contributed by atoms with Gasteiger partial charge in [-0.3, -0.25) is 14.9 Å². The van der Waals surface area contributed by atoms with Crippen molar-refractivity contribution >= 4 is 21.6 Å². The quantitative estimate of drug-likeness (QED) is 0.298. The minimum absolute atomic E-state index is 0.0139. The van der Waals surface area contributed by atoms with Crippen LogP contribution in [0.3, 0.4) is 0 Å². The summed E-state index contributed by atoms with van der Waals surface area (Å²) in [6, 6.07) is 4.54. The fraction of sp³-hybridized carbons (Fsp3) is 0.500. The van der Waals surface area contributed by atoms with E-state index in [1.165, 1.54) is 0 Å². The van der Waals surface area contributed by atoms with Gasteiger partial charge >= 0.3 is 0 Å². The van der Waals surface area contributed by atoms with Crippen molar-refractivity contribution in [2.24, 2.45) is 0 Å². The standard InChI is InChI=1S/C14H22N4O5S/c1-2-8-15-10-11-16-14(19)7-9-17-24(22,23)13-5-3-12(4-6-13)18(20)21/h3-6,15,17H,2,7-11H2,1H3,(H,16,19). The Morgan fingerprint density at radius 1 is 1.12 bits per heavy atom. The molecule has 0 heterocycles. The summed E-state index contributed by atoms with van der Waals surface area (Å²) in [6.07, 6.45) is 1.03. The lowest BCUT2D eigenvalue weighted by molar-refractivity contribution is -0.384. The van der Waals surface area contributed by atoms with E-state index in [4.69, 9.17) is 0 Å². The third kappa shape index (κ3) is 7.02. The Morgan fingerprint density at radius 3 is 2.38 bits per heavy atom. The zero-order valence-electron chi connectivity index (χ0n) is 13.4. The number of hydrogen-bond acceptors (Lipinski definition) is 6. The molecule has 0 aliphatic heterocycles. The Hall–Kier alpha value is -2.04. The average molecular weight is 358 g/mol. The summed E-state index contributed by atoms with van der Waals surface area (Å²) in [4.78, 5) is 21.4. The van der Waals surface area contributed by atoms with Crippen LogP contribution in [0.1, 0.15) is 19.8 Å². The number of sulfonamides is 1. The van der Waals surface area contributed by atoms with Crippen molar-refractivity contribution < 1.29 is 18.1 Å². The Morgan fingerprint density at radius 2 is 1.79 bits per heavy atom. The lowest BCUT2D eigenvalue weighted by Gasteiger charge is -2.08.